The fourth-order valence-electron chi connectivity index (χ4n) is 3.06. The molecule has 2 aliphatic heterocycles. The number of quaternary nitrogens is 1. The zero-order chi connectivity index (χ0) is 11.7. The number of nitrogens with two attached hydrogens (primary N) is 1. The first-order valence-corrected chi connectivity index (χ1v) is 6.42. The molecule has 0 radical (unpaired) electrons. The molecule has 90 valence electrons. The molecule has 2 fully saturated rings. The van der Waals surface area contributed by atoms with Crippen LogP contribution < -0.4 is 5.32 Å². The summed E-state index contributed by atoms with van der Waals surface area (Å²) in [6.07, 6.45) is 4.74. The lowest BCUT2D eigenvalue weighted by Crippen LogP contribution is -2.93. The van der Waals surface area contributed by atoms with Crippen LogP contribution in [0.1, 0.15) is 36.0 Å². The highest BCUT2D eigenvalue weighted by molar-refractivity contribution is 5.89. The summed E-state index contributed by atoms with van der Waals surface area (Å²) in [5, 5.41) is 2.45. The van der Waals surface area contributed by atoms with Crippen molar-refractivity contribution in [2.24, 2.45) is 0 Å². The number of fused-ring (bicyclic) bond motifs is 2. The van der Waals surface area contributed by atoms with E-state index in [4.69, 9.17) is 4.74 Å². The van der Waals surface area contributed by atoms with E-state index in [1.54, 1.807) is 0 Å². The van der Waals surface area contributed by atoms with Crippen molar-refractivity contribution in [3.05, 3.63) is 35.9 Å². The van der Waals surface area contributed by atoms with Gasteiger partial charge in [-0.3, -0.25) is 0 Å². The van der Waals surface area contributed by atoms with Gasteiger partial charge in [0, 0.05) is 25.7 Å². The molecule has 17 heavy (non-hydrogen) atoms. The van der Waals surface area contributed by atoms with Crippen LogP contribution in [0.4, 0.5) is 0 Å². The first-order chi connectivity index (χ1) is 8.31. The SMILES string of the molecule is O=C(OC1C[C@H]2CC[C@@H](C1)[NH2+]2)c1ccccc1. The van der Waals surface area contributed by atoms with Crippen molar-refractivity contribution in [2.45, 2.75) is 43.9 Å². The van der Waals surface area contributed by atoms with Crippen LogP contribution in [0.3, 0.4) is 0 Å². The summed E-state index contributed by atoms with van der Waals surface area (Å²) in [6.45, 7) is 0. The van der Waals surface area contributed by atoms with Gasteiger partial charge in [0.25, 0.3) is 0 Å². The highest BCUT2D eigenvalue weighted by Gasteiger charge is 2.39. The number of rotatable bonds is 2. The van der Waals surface area contributed by atoms with E-state index in [0.29, 0.717) is 17.6 Å². The Bertz CT molecular complexity index is 392. The van der Waals surface area contributed by atoms with Gasteiger partial charge < -0.3 is 10.1 Å². The predicted molar refractivity (Wildman–Crippen MR) is 63.6 cm³/mol. The van der Waals surface area contributed by atoms with E-state index in [2.05, 4.69) is 5.32 Å². The number of benzene rings is 1. The van der Waals surface area contributed by atoms with Gasteiger partial charge in [0.15, 0.2) is 0 Å². The molecule has 2 heterocycles. The smallest absolute Gasteiger partial charge is 0.338 e. The van der Waals surface area contributed by atoms with Crippen molar-refractivity contribution in [1.82, 2.24) is 0 Å². The van der Waals surface area contributed by atoms with Crippen LogP contribution in [-0.2, 0) is 4.74 Å². The molecule has 2 N–H and O–H groups in total. The van der Waals surface area contributed by atoms with E-state index >= 15 is 0 Å². The molecule has 0 amide bonds. The molecule has 1 unspecified atom stereocenters. The molecule has 2 aliphatic rings. The first-order valence-electron chi connectivity index (χ1n) is 6.42. The third-order valence-corrected chi connectivity index (χ3v) is 3.87. The Kier molecular flexibility index (Phi) is 2.85. The summed E-state index contributed by atoms with van der Waals surface area (Å²) in [5.74, 6) is -0.170. The van der Waals surface area contributed by atoms with Crippen molar-refractivity contribution >= 4 is 5.97 Å². The van der Waals surface area contributed by atoms with Gasteiger partial charge in [-0.15, -0.1) is 0 Å². The molecule has 3 atom stereocenters. The summed E-state index contributed by atoms with van der Waals surface area (Å²) in [4.78, 5) is 11.9. The second-order valence-electron chi connectivity index (χ2n) is 5.15. The van der Waals surface area contributed by atoms with E-state index < -0.39 is 0 Å². The van der Waals surface area contributed by atoms with Crippen LogP contribution in [0.25, 0.3) is 0 Å². The number of hydrogen-bond acceptors (Lipinski definition) is 2. The zero-order valence-electron chi connectivity index (χ0n) is 9.84. The molecular weight excluding hydrogens is 214 g/mol. The van der Waals surface area contributed by atoms with Crippen LogP contribution in [0.5, 0.6) is 0 Å². The number of carbonyl (C=O) groups excluding carboxylic acids is 1. The van der Waals surface area contributed by atoms with Crippen molar-refractivity contribution in [2.75, 3.05) is 0 Å². The van der Waals surface area contributed by atoms with E-state index in [-0.39, 0.29) is 12.1 Å². The molecule has 0 aromatic heterocycles. The fraction of sp³-hybridized carbons (Fsp3) is 0.500. The Labute approximate surface area is 101 Å². The van der Waals surface area contributed by atoms with Gasteiger partial charge in [0.1, 0.15) is 6.10 Å². The van der Waals surface area contributed by atoms with Crippen molar-refractivity contribution in [3.63, 3.8) is 0 Å². The molecule has 3 heteroatoms. The summed E-state index contributed by atoms with van der Waals surface area (Å²) >= 11 is 0. The van der Waals surface area contributed by atoms with E-state index in [0.717, 1.165) is 12.8 Å². The van der Waals surface area contributed by atoms with Gasteiger partial charge in [-0.1, -0.05) is 18.2 Å². The minimum atomic E-state index is -0.170. The van der Waals surface area contributed by atoms with Crippen LogP contribution in [0.15, 0.2) is 30.3 Å². The van der Waals surface area contributed by atoms with Gasteiger partial charge in [-0.05, 0) is 12.1 Å². The molecule has 1 aromatic rings. The van der Waals surface area contributed by atoms with E-state index in [1.165, 1.54) is 12.8 Å². The average molecular weight is 232 g/mol. The molecule has 3 nitrogen and oxygen atoms in total. The molecule has 0 saturated carbocycles. The molecule has 0 aliphatic carbocycles. The number of carbonyl (C=O) groups is 1. The molecule has 0 spiro atoms. The van der Waals surface area contributed by atoms with Crippen LogP contribution >= 0.6 is 0 Å². The topological polar surface area (TPSA) is 42.9 Å². The maximum atomic E-state index is 11.9. The number of ether oxygens (including phenoxy) is 1. The fourth-order valence-corrected chi connectivity index (χ4v) is 3.06. The van der Waals surface area contributed by atoms with Gasteiger partial charge in [0.2, 0.25) is 0 Å². The van der Waals surface area contributed by atoms with Crippen LogP contribution in [0.2, 0.25) is 0 Å². The third-order valence-electron chi connectivity index (χ3n) is 3.87. The quantitative estimate of drug-likeness (QED) is 0.776. The Balaban J connectivity index is 1.62. The van der Waals surface area contributed by atoms with Gasteiger partial charge >= 0.3 is 5.97 Å². The van der Waals surface area contributed by atoms with Crippen molar-refractivity contribution in [3.8, 4) is 0 Å². The lowest BCUT2D eigenvalue weighted by Gasteiger charge is -2.26. The van der Waals surface area contributed by atoms with E-state index in [1.807, 2.05) is 30.3 Å². The minimum Gasteiger partial charge on any atom is -0.458 e. The Hall–Kier alpha value is -1.35. The minimum absolute atomic E-state index is 0.130. The third kappa shape index (κ3) is 2.34. The largest absolute Gasteiger partial charge is 0.458 e. The Morgan fingerprint density at radius 2 is 1.76 bits per heavy atom. The maximum absolute atomic E-state index is 11.9. The van der Waals surface area contributed by atoms with Crippen molar-refractivity contribution < 1.29 is 14.8 Å². The average Bonchev–Trinajstić information content (AvgIpc) is 2.70. The maximum Gasteiger partial charge on any atom is 0.338 e. The second kappa shape index (κ2) is 4.49. The van der Waals surface area contributed by atoms with Gasteiger partial charge in [-0.25, -0.2) is 4.79 Å². The normalized spacial score (nSPS) is 31.2. The summed E-state index contributed by atoms with van der Waals surface area (Å²) < 4.78 is 5.60. The molecule has 2 saturated heterocycles. The second-order valence-corrected chi connectivity index (χ2v) is 5.15. The first kappa shape index (κ1) is 10.8. The lowest BCUT2D eigenvalue weighted by molar-refractivity contribution is -0.712. The Morgan fingerprint density at radius 3 is 2.41 bits per heavy atom. The van der Waals surface area contributed by atoms with Gasteiger partial charge in [-0.2, -0.15) is 0 Å². The highest BCUT2D eigenvalue weighted by Crippen LogP contribution is 2.23. The summed E-state index contributed by atoms with van der Waals surface area (Å²) in [5.41, 5.74) is 0.661. The highest BCUT2D eigenvalue weighted by atomic mass is 16.5. The van der Waals surface area contributed by atoms with Crippen LogP contribution in [0, 0.1) is 0 Å². The number of piperidine rings is 1. The number of hydrogen-bond donors (Lipinski definition) is 1. The summed E-state index contributed by atoms with van der Waals surface area (Å²) in [6, 6.07) is 10.6. The monoisotopic (exact) mass is 232 g/mol. The van der Waals surface area contributed by atoms with Gasteiger partial charge in [0.05, 0.1) is 17.6 Å². The van der Waals surface area contributed by atoms with E-state index in [9.17, 15) is 4.79 Å². The van der Waals surface area contributed by atoms with Crippen LogP contribution in [-0.4, -0.2) is 24.2 Å². The predicted octanol–water partition coefficient (Wildman–Crippen LogP) is 1.10. The molecule has 3 rings (SSSR count). The van der Waals surface area contributed by atoms with Crippen molar-refractivity contribution in [1.29, 1.82) is 0 Å². The standard InChI is InChI=1S/C14H17NO2/c16-14(10-4-2-1-3-5-10)17-13-8-11-6-7-12(9-13)15-11/h1-5,11-13,15H,6-9H2/p+1/t11-,12+,13?. The molecular formula is C14H18NO2+. The summed E-state index contributed by atoms with van der Waals surface area (Å²) in [7, 11) is 0. The Morgan fingerprint density at radius 1 is 1.12 bits per heavy atom. The lowest BCUT2D eigenvalue weighted by atomic mass is 10.0. The molecule has 1 aromatic carbocycles. The molecule has 2 bridgehead atoms. The zero-order valence-corrected chi connectivity index (χ0v) is 9.84. The number of esters is 1.